The summed E-state index contributed by atoms with van der Waals surface area (Å²) in [6.45, 7) is 0. The monoisotopic (exact) mass is 308 g/mol. The van der Waals surface area contributed by atoms with Crippen molar-refractivity contribution in [2.75, 3.05) is 5.73 Å². The second kappa shape index (κ2) is 4.40. The van der Waals surface area contributed by atoms with E-state index in [4.69, 9.17) is 33.5 Å². The predicted molar refractivity (Wildman–Crippen MR) is 79.9 cm³/mol. The number of fused-ring (bicyclic) bond motifs is 1. The molecular formula is C15H14Cl2N2O. The van der Waals surface area contributed by atoms with Crippen molar-refractivity contribution in [1.82, 2.24) is 5.16 Å². The number of nitrogens with two attached hydrogens (primary N) is 1. The topological polar surface area (TPSA) is 52.0 Å². The van der Waals surface area contributed by atoms with E-state index in [9.17, 15) is 0 Å². The summed E-state index contributed by atoms with van der Waals surface area (Å²) in [5.74, 6) is 2.40. The van der Waals surface area contributed by atoms with E-state index in [-0.39, 0.29) is 0 Å². The Hall–Kier alpha value is -1.19. The van der Waals surface area contributed by atoms with Gasteiger partial charge in [0.15, 0.2) is 0 Å². The fraction of sp³-hybridized carbons (Fsp3) is 0.400. The molecule has 1 heterocycles. The highest BCUT2D eigenvalue weighted by Crippen LogP contribution is 2.64. The lowest BCUT2D eigenvalue weighted by atomic mass is 9.99. The molecule has 1 aromatic carbocycles. The molecule has 104 valence electrons. The van der Waals surface area contributed by atoms with E-state index in [1.54, 1.807) is 6.07 Å². The second-order valence-corrected chi connectivity index (χ2v) is 6.53. The van der Waals surface area contributed by atoms with Crippen LogP contribution >= 0.6 is 23.2 Å². The van der Waals surface area contributed by atoms with Crippen molar-refractivity contribution in [2.24, 2.45) is 11.8 Å². The molecule has 2 fully saturated rings. The number of benzene rings is 1. The van der Waals surface area contributed by atoms with Crippen LogP contribution in [0.25, 0.3) is 11.1 Å². The lowest BCUT2D eigenvalue weighted by Gasteiger charge is -2.05. The maximum absolute atomic E-state index is 6.10. The molecule has 3 nitrogen and oxygen atoms in total. The summed E-state index contributed by atoms with van der Waals surface area (Å²) in [5, 5.41) is 5.27. The molecule has 2 aliphatic rings. The van der Waals surface area contributed by atoms with E-state index in [1.165, 1.54) is 19.3 Å². The summed E-state index contributed by atoms with van der Waals surface area (Å²) in [6, 6.07) is 5.52. The zero-order chi connectivity index (χ0) is 13.9. The average molecular weight is 309 g/mol. The molecule has 1 aromatic heterocycles. The van der Waals surface area contributed by atoms with Gasteiger partial charge < -0.3 is 10.3 Å². The molecule has 0 bridgehead atoms. The highest BCUT2D eigenvalue weighted by atomic mass is 35.5. The van der Waals surface area contributed by atoms with Crippen LogP contribution in [0.3, 0.4) is 0 Å². The minimum atomic E-state index is 0.364. The smallest absolute Gasteiger partial charge is 0.230 e. The first kappa shape index (κ1) is 12.5. The molecule has 0 amide bonds. The van der Waals surface area contributed by atoms with Crippen LogP contribution < -0.4 is 5.73 Å². The number of nitrogens with zero attached hydrogens (tertiary/aromatic N) is 1. The van der Waals surface area contributed by atoms with E-state index >= 15 is 0 Å². The van der Waals surface area contributed by atoms with E-state index in [1.807, 2.05) is 12.1 Å². The zero-order valence-corrected chi connectivity index (χ0v) is 12.3. The van der Waals surface area contributed by atoms with Crippen LogP contribution in [0.2, 0.25) is 10.0 Å². The summed E-state index contributed by atoms with van der Waals surface area (Å²) >= 11 is 12.1. The van der Waals surface area contributed by atoms with Gasteiger partial charge in [0, 0.05) is 5.92 Å². The minimum absolute atomic E-state index is 0.364. The largest absolute Gasteiger partial charge is 0.367 e. The van der Waals surface area contributed by atoms with Gasteiger partial charge in [0.05, 0.1) is 21.3 Å². The quantitative estimate of drug-likeness (QED) is 0.871. The Morgan fingerprint density at radius 1 is 1.15 bits per heavy atom. The van der Waals surface area contributed by atoms with Gasteiger partial charge >= 0.3 is 0 Å². The van der Waals surface area contributed by atoms with Crippen LogP contribution in [0.15, 0.2) is 22.7 Å². The number of nitrogen functional groups attached to an aromatic ring is 1. The number of aromatic nitrogens is 1. The fourth-order valence-electron chi connectivity index (χ4n) is 3.71. The third-order valence-electron chi connectivity index (χ3n) is 4.68. The summed E-state index contributed by atoms with van der Waals surface area (Å²) in [6.07, 6.45) is 3.92. The minimum Gasteiger partial charge on any atom is -0.367 e. The molecule has 2 saturated carbocycles. The Balaban J connectivity index is 1.78. The molecule has 20 heavy (non-hydrogen) atoms. The third-order valence-corrected chi connectivity index (χ3v) is 5.41. The van der Waals surface area contributed by atoms with Crippen LogP contribution in [0.5, 0.6) is 0 Å². The predicted octanol–water partition coefficient (Wildman–Crippen LogP) is 4.74. The van der Waals surface area contributed by atoms with Gasteiger partial charge in [0.2, 0.25) is 5.88 Å². The van der Waals surface area contributed by atoms with Crippen LogP contribution in [-0.4, -0.2) is 5.16 Å². The van der Waals surface area contributed by atoms with Crippen molar-refractivity contribution in [3.05, 3.63) is 33.9 Å². The first-order valence-electron chi connectivity index (χ1n) is 6.87. The maximum atomic E-state index is 6.10. The van der Waals surface area contributed by atoms with Crippen molar-refractivity contribution in [1.29, 1.82) is 0 Å². The Labute approximate surface area is 127 Å². The third kappa shape index (κ3) is 1.76. The van der Waals surface area contributed by atoms with Gasteiger partial charge in [-0.25, -0.2) is 0 Å². The van der Waals surface area contributed by atoms with Gasteiger partial charge in [0.1, 0.15) is 0 Å². The normalized spacial score (nSPS) is 27.6. The number of hydrogen-bond donors (Lipinski definition) is 1. The van der Waals surface area contributed by atoms with E-state index in [0.717, 1.165) is 28.7 Å². The molecule has 2 unspecified atom stereocenters. The van der Waals surface area contributed by atoms with E-state index < -0.39 is 0 Å². The summed E-state index contributed by atoms with van der Waals surface area (Å²) < 4.78 is 5.24. The van der Waals surface area contributed by atoms with Crippen molar-refractivity contribution in [3.63, 3.8) is 0 Å². The molecule has 0 spiro atoms. The number of halogens is 2. The zero-order valence-electron chi connectivity index (χ0n) is 10.8. The number of anilines is 1. The van der Waals surface area contributed by atoms with E-state index in [0.29, 0.717) is 21.8 Å². The number of rotatable bonds is 2. The number of hydrogen-bond acceptors (Lipinski definition) is 3. The lowest BCUT2D eigenvalue weighted by molar-refractivity contribution is 0.424. The van der Waals surface area contributed by atoms with Crippen molar-refractivity contribution in [2.45, 2.75) is 25.2 Å². The van der Waals surface area contributed by atoms with Gasteiger partial charge in [-0.3, -0.25) is 0 Å². The van der Waals surface area contributed by atoms with Crippen LogP contribution in [0.1, 0.15) is 30.9 Å². The van der Waals surface area contributed by atoms with Crippen LogP contribution in [0, 0.1) is 11.8 Å². The fourth-order valence-corrected chi connectivity index (χ4v) is 4.01. The molecule has 2 N–H and O–H groups in total. The summed E-state index contributed by atoms with van der Waals surface area (Å²) in [4.78, 5) is 0. The van der Waals surface area contributed by atoms with Gasteiger partial charge in [-0.05, 0) is 42.4 Å². The van der Waals surface area contributed by atoms with Crippen molar-refractivity contribution >= 4 is 29.1 Å². The highest BCUT2D eigenvalue weighted by Gasteiger charge is 2.55. The van der Waals surface area contributed by atoms with Crippen molar-refractivity contribution < 1.29 is 4.52 Å². The van der Waals surface area contributed by atoms with Gasteiger partial charge in [-0.15, -0.1) is 0 Å². The standard InChI is InChI=1S/C15H14Cl2N2O/c16-10-5-4-7(6-11(10)17)12-14(19-20-15(12)18)13-8-2-1-3-9(8)13/h4-6,8-9,13H,1-3,18H2. The van der Waals surface area contributed by atoms with Crippen LogP contribution in [-0.2, 0) is 0 Å². The first-order chi connectivity index (χ1) is 9.66. The summed E-state index contributed by atoms with van der Waals surface area (Å²) in [5.41, 5.74) is 8.79. The molecular weight excluding hydrogens is 295 g/mol. The van der Waals surface area contributed by atoms with E-state index in [2.05, 4.69) is 5.16 Å². The Morgan fingerprint density at radius 3 is 2.60 bits per heavy atom. The van der Waals surface area contributed by atoms with Gasteiger partial charge in [-0.2, -0.15) is 0 Å². The molecule has 2 aliphatic carbocycles. The van der Waals surface area contributed by atoms with Crippen LogP contribution in [0.4, 0.5) is 5.88 Å². The van der Waals surface area contributed by atoms with Crippen molar-refractivity contribution in [3.8, 4) is 11.1 Å². The maximum Gasteiger partial charge on any atom is 0.230 e. The second-order valence-electron chi connectivity index (χ2n) is 5.72. The first-order valence-corrected chi connectivity index (χ1v) is 7.63. The molecule has 0 aliphatic heterocycles. The molecule has 5 heteroatoms. The Bertz CT molecular complexity index is 673. The molecule has 0 radical (unpaired) electrons. The molecule has 4 rings (SSSR count). The average Bonchev–Trinajstić information content (AvgIpc) is 2.78. The Kier molecular flexibility index (Phi) is 2.76. The van der Waals surface area contributed by atoms with Gasteiger partial charge in [0.25, 0.3) is 0 Å². The molecule has 0 saturated heterocycles. The molecule has 2 atom stereocenters. The SMILES string of the molecule is Nc1onc(C2C3CCCC32)c1-c1ccc(Cl)c(Cl)c1. The van der Waals surface area contributed by atoms with Gasteiger partial charge in [-0.1, -0.05) is 40.8 Å². The highest BCUT2D eigenvalue weighted by molar-refractivity contribution is 6.42. The molecule has 2 aromatic rings. The Morgan fingerprint density at radius 2 is 1.90 bits per heavy atom. The summed E-state index contributed by atoms with van der Waals surface area (Å²) in [7, 11) is 0. The lowest BCUT2D eigenvalue weighted by Crippen LogP contribution is -1.93.